The Bertz CT molecular complexity index is 1140. The molecule has 2 aromatic carbocycles. The summed E-state index contributed by atoms with van der Waals surface area (Å²) < 4.78 is 87.3. The van der Waals surface area contributed by atoms with Gasteiger partial charge < -0.3 is 5.32 Å². The summed E-state index contributed by atoms with van der Waals surface area (Å²) in [5.74, 6) is -1.49. The monoisotopic (exact) mass is 447 g/mol. The van der Waals surface area contributed by atoms with Crippen molar-refractivity contribution in [2.75, 3.05) is 16.8 Å². The van der Waals surface area contributed by atoms with Crippen LogP contribution in [-0.2, 0) is 25.9 Å². The number of hydrogen-bond donors (Lipinski definition) is 1. The number of alkyl halides is 3. The summed E-state index contributed by atoms with van der Waals surface area (Å²) in [6.45, 7) is 0. The molecule has 1 fully saturated rings. The van der Waals surface area contributed by atoms with Gasteiger partial charge in [0, 0.05) is 5.56 Å². The Hall–Kier alpha value is -2.40. The van der Waals surface area contributed by atoms with Crippen molar-refractivity contribution in [2.24, 2.45) is 0 Å². The lowest BCUT2D eigenvalue weighted by Gasteiger charge is -2.14. The van der Waals surface area contributed by atoms with Gasteiger partial charge in [-0.15, -0.1) is 0 Å². The molecule has 3 rings (SSSR count). The minimum absolute atomic E-state index is 0.00112. The van der Waals surface area contributed by atoms with Crippen molar-refractivity contribution in [3.8, 4) is 0 Å². The number of nitrogens with one attached hydrogen (secondary N) is 1. The van der Waals surface area contributed by atoms with E-state index >= 15 is 0 Å². The Labute approximate surface area is 165 Å². The summed E-state index contributed by atoms with van der Waals surface area (Å²) in [6.07, 6.45) is -4.65. The van der Waals surface area contributed by atoms with E-state index < -0.39 is 54.0 Å². The third-order valence-corrected chi connectivity index (χ3v) is 8.74. The molecule has 1 atom stereocenters. The van der Waals surface area contributed by atoms with Crippen LogP contribution in [0.3, 0.4) is 0 Å². The Morgan fingerprint density at radius 2 is 1.66 bits per heavy atom. The second-order valence-electron chi connectivity index (χ2n) is 6.59. The molecule has 0 aliphatic carbocycles. The molecule has 156 valence electrons. The van der Waals surface area contributed by atoms with Gasteiger partial charge in [0.2, 0.25) is 0 Å². The molecule has 0 bridgehead atoms. The van der Waals surface area contributed by atoms with Crippen LogP contribution in [-0.4, -0.2) is 39.5 Å². The number of anilines is 1. The highest BCUT2D eigenvalue weighted by molar-refractivity contribution is 7.96. The lowest BCUT2D eigenvalue weighted by atomic mass is 10.1. The van der Waals surface area contributed by atoms with Crippen LogP contribution in [0.2, 0.25) is 0 Å². The van der Waals surface area contributed by atoms with Crippen molar-refractivity contribution in [3.05, 3.63) is 59.7 Å². The second kappa shape index (κ2) is 7.45. The molecule has 0 aromatic heterocycles. The average molecular weight is 447 g/mol. The fraction of sp³-hybridized carbons (Fsp3) is 0.278. The zero-order chi connectivity index (χ0) is 21.4. The number of hydrogen-bond acceptors (Lipinski definition) is 5. The maximum absolute atomic E-state index is 13.0. The van der Waals surface area contributed by atoms with Crippen molar-refractivity contribution >= 4 is 31.3 Å². The zero-order valence-electron chi connectivity index (χ0n) is 14.8. The van der Waals surface area contributed by atoms with Crippen LogP contribution in [0.1, 0.15) is 22.3 Å². The van der Waals surface area contributed by atoms with E-state index in [-0.39, 0.29) is 22.6 Å². The Balaban J connectivity index is 1.80. The maximum Gasteiger partial charge on any atom is 0.418 e. The van der Waals surface area contributed by atoms with E-state index in [0.29, 0.717) is 0 Å². The predicted molar refractivity (Wildman–Crippen MR) is 100 cm³/mol. The summed E-state index contributed by atoms with van der Waals surface area (Å²) in [5, 5.41) is 1.12. The first-order chi connectivity index (χ1) is 13.4. The summed E-state index contributed by atoms with van der Waals surface area (Å²) in [5.41, 5.74) is -1.46. The van der Waals surface area contributed by atoms with Crippen LogP contribution in [0.25, 0.3) is 0 Å². The van der Waals surface area contributed by atoms with Crippen LogP contribution in [0.15, 0.2) is 53.4 Å². The van der Waals surface area contributed by atoms with Gasteiger partial charge in [0.1, 0.15) is 0 Å². The van der Waals surface area contributed by atoms with E-state index in [1.54, 1.807) is 0 Å². The van der Waals surface area contributed by atoms with E-state index in [2.05, 4.69) is 5.32 Å². The topological polar surface area (TPSA) is 97.4 Å². The molecule has 1 unspecified atom stereocenters. The Morgan fingerprint density at radius 3 is 2.21 bits per heavy atom. The molecule has 11 heteroatoms. The lowest BCUT2D eigenvalue weighted by Crippen LogP contribution is -2.23. The van der Waals surface area contributed by atoms with E-state index in [1.165, 1.54) is 24.3 Å². The second-order valence-corrected chi connectivity index (χ2v) is 11.0. The standard InChI is InChI=1S/C18H16F3NO5S2/c19-18(20,21)15-3-1-2-4-16(15)22-17(23)12-5-7-13(8-6-12)29(26,27)14-9-10-28(24,25)11-14/h1-8,14H,9-11H2,(H,22,23). The molecule has 0 radical (unpaired) electrons. The molecule has 0 saturated carbocycles. The molecule has 1 N–H and O–H groups in total. The van der Waals surface area contributed by atoms with Crippen molar-refractivity contribution in [1.29, 1.82) is 0 Å². The average Bonchev–Trinajstić information content (AvgIpc) is 3.02. The van der Waals surface area contributed by atoms with Crippen molar-refractivity contribution in [2.45, 2.75) is 22.7 Å². The van der Waals surface area contributed by atoms with E-state index in [4.69, 9.17) is 0 Å². The zero-order valence-corrected chi connectivity index (χ0v) is 16.4. The van der Waals surface area contributed by atoms with Crippen LogP contribution in [0, 0.1) is 0 Å². The number of benzene rings is 2. The molecule has 29 heavy (non-hydrogen) atoms. The molecule has 2 aromatic rings. The van der Waals surface area contributed by atoms with Crippen LogP contribution in [0.4, 0.5) is 18.9 Å². The third kappa shape index (κ3) is 4.61. The molecule has 1 saturated heterocycles. The van der Waals surface area contributed by atoms with Gasteiger partial charge in [-0.3, -0.25) is 4.79 Å². The highest BCUT2D eigenvalue weighted by Gasteiger charge is 2.38. The highest BCUT2D eigenvalue weighted by Crippen LogP contribution is 2.34. The molecule has 1 amide bonds. The van der Waals surface area contributed by atoms with Gasteiger partial charge in [-0.05, 0) is 42.8 Å². The van der Waals surface area contributed by atoms with Gasteiger partial charge in [0.05, 0.1) is 32.9 Å². The summed E-state index contributed by atoms with van der Waals surface area (Å²) in [7, 11) is -7.29. The lowest BCUT2D eigenvalue weighted by molar-refractivity contribution is -0.136. The quantitative estimate of drug-likeness (QED) is 0.777. The molecular formula is C18H16F3NO5S2. The Morgan fingerprint density at radius 1 is 1.03 bits per heavy atom. The van der Waals surface area contributed by atoms with Crippen LogP contribution >= 0.6 is 0 Å². The molecule has 1 heterocycles. The van der Waals surface area contributed by atoms with Gasteiger partial charge in [0.25, 0.3) is 5.91 Å². The maximum atomic E-state index is 13.0. The Kier molecular flexibility index (Phi) is 5.48. The first-order valence-corrected chi connectivity index (χ1v) is 11.8. The molecule has 0 spiro atoms. The molecular weight excluding hydrogens is 431 g/mol. The SMILES string of the molecule is O=C(Nc1ccccc1C(F)(F)F)c1ccc(S(=O)(=O)C2CCS(=O)(=O)C2)cc1. The first-order valence-electron chi connectivity index (χ1n) is 8.42. The first kappa shape index (κ1) is 21.3. The highest BCUT2D eigenvalue weighted by atomic mass is 32.2. The fourth-order valence-electron chi connectivity index (χ4n) is 3.03. The molecule has 6 nitrogen and oxygen atoms in total. The minimum atomic E-state index is -4.65. The molecule has 1 aliphatic heterocycles. The van der Waals surface area contributed by atoms with Gasteiger partial charge in [-0.2, -0.15) is 13.2 Å². The number of carbonyl (C=O) groups is 1. The number of sulfone groups is 2. The van der Waals surface area contributed by atoms with Crippen LogP contribution in [0.5, 0.6) is 0 Å². The molecule has 1 aliphatic rings. The number of rotatable bonds is 4. The fourth-order valence-corrected chi connectivity index (χ4v) is 7.39. The van der Waals surface area contributed by atoms with E-state index in [9.17, 15) is 34.8 Å². The summed E-state index contributed by atoms with van der Waals surface area (Å²) in [4.78, 5) is 12.1. The van der Waals surface area contributed by atoms with Gasteiger partial charge >= 0.3 is 6.18 Å². The number of amides is 1. The van der Waals surface area contributed by atoms with E-state index in [0.717, 1.165) is 24.3 Å². The number of halogens is 3. The summed E-state index contributed by atoms with van der Waals surface area (Å²) in [6, 6.07) is 9.11. The van der Waals surface area contributed by atoms with Crippen molar-refractivity contribution in [3.63, 3.8) is 0 Å². The van der Waals surface area contributed by atoms with Gasteiger partial charge in [-0.1, -0.05) is 12.1 Å². The smallest absolute Gasteiger partial charge is 0.321 e. The van der Waals surface area contributed by atoms with Gasteiger partial charge in [-0.25, -0.2) is 16.8 Å². The van der Waals surface area contributed by atoms with Crippen LogP contribution < -0.4 is 5.32 Å². The largest absolute Gasteiger partial charge is 0.418 e. The predicted octanol–water partition coefficient (Wildman–Crippen LogP) is 2.92. The van der Waals surface area contributed by atoms with E-state index in [1.807, 2.05) is 0 Å². The third-order valence-electron chi connectivity index (χ3n) is 4.56. The van der Waals surface area contributed by atoms with Gasteiger partial charge in [0.15, 0.2) is 19.7 Å². The number of carbonyl (C=O) groups excluding carboxylic acids is 1. The van der Waals surface area contributed by atoms with Crippen molar-refractivity contribution < 1.29 is 34.8 Å². The minimum Gasteiger partial charge on any atom is -0.321 e. The number of para-hydroxylation sites is 1. The summed E-state index contributed by atoms with van der Waals surface area (Å²) >= 11 is 0. The van der Waals surface area contributed by atoms with Crippen molar-refractivity contribution in [1.82, 2.24) is 0 Å². The normalized spacial score (nSPS) is 19.1.